The smallest absolute Gasteiger partial charge is 0.326 e. The van der Waals surface area contributed by atoms with E-state index < -0.39 is 60.2 Å². The number of thioether (sulfide) groups is 1. The highest BCUT2D eigenvalue weighted by molar-refractivity contribution is 8.00. The van der Waals surface area contributed by atoms with Crippen LogP contribution in [-0.2, 0) is 25.6 Å². The molecule has 1 saturated carbocycles. The van der Waals surface area contributed by atoms with Crippen LogP contribution < -0.4 is 15.4 Å². The molecule has 284 valence electrons. The van der Waals surface area contributed by atoms with Crippen LogP contribution in [-0.4, -0.2) is 69.0 Å². The van der Waals surface area contributed by atoms with Crippen LogP contribution >= 0.6 is 11.8 Å². The number of hydrogen-bond donors (Lipinski definition) is 3. The number of carboxylic acids is 1. The lowest BCUT2D eigenvalue weighted by atomic mass is 9.84. The third-order valence-electron chi connectivity index (χ3n) is 10.2. The quantitative estimate of drug-likeness (QED) is 0.0967. The fraction of sp³-hybridized carbons (Fsp3) is 0.463. The average molecular weight is 748 g/mol. The van der Waals surface area contributed by atoms with Crippen LogP contribution in [0.1, 0.15) is 93.5 Å². The molecule has 5 rings (SSSR count). The van der Waals surface area contributed by atoms with Crippen LogP contribution in [0.5, 0.6) is 5.75 Å². The van der Waals surface area contributed by atoms with Crippen molar-refractivity contribution in [1.29, 1.82) is 0 Å². The van der Waals surface area contributed by atoms with Gasteiger partial charge in [0.15, 0.2) is 6.61 Å². The average Bonchev–Trinajstić information content (AvgIpc) is 3.17. The fourth-order valence-corrected chi connectivity index (χ4v) is 8.53. The molecule has 4 N–H and O–H groups in total. The van der Waals surface area contributed by atoms with Crippen LogP contribution in [0.25, 0.3) is 0 Å². The number of aryl methyl sites for hydroxylation is 1. The molecule has 10 nitrogen and oxygen atoms in total. The highest BCUT2D eigenvalue weighted by Crippen LogP contribution is 2.46. The second-order valence-electron chi connectivity index (χ2n) is 13.9. The summed E-state index contributed by atoms with van der Waals surface area (Å²) >= 11 is 1.36. The predicted molar refractivity (Wildman–Crippen MR) is 203 cm³/mol. The molecule has 1 aliphatic heterocycles. The summed E-state index contributed by atoms with van der Waals surface area (Å²) in [5.74, 6) is -2.72. The number of aliphatic hydroxyl groups excluding tert-OH is 1. The van der Waals surface area contributed by atoms with E-state index in [1.165, 1.54) is 35.9 Å². The molecule has 1 saturated heterocycles. The van der Waals surface area contributed by atoms with Crippen molar-refractivity contribution in [2.24, 2.45) is 11.7 Å². The second kappa shape index (κ2) is 19.2. The van der Waals surface area contributed by atoms with E-state index in [0.29, 0.717) is 17.2 Å². The zero-order valence-corrected chi connectivity index (χ0v) is 31.0. The summed E-state index contributed by atoms with van der Waals surface area (Å²) in [4.78, 5) is 54.2. The van der Waals surface area contributed by atoms with Crippen molar-refractivity contribution < 1.29 is 38.5 Å². The van der Waals surface area contributed by atoms with Gasteiger partial charge >= 0.3 is 5.97 Å². The lowest BCUT2D eigenvalue weighted by Gasteiger charge is -2.47. The van der Waals surface area contributed by atoms with Crippen LogP contribution in [0.2, 0.25) is 0 Å². The minimum Gasteiger partial charge on any atom is -0.484 e. The Morgan fingerprint density at radius 1 is 0.962 bits per heavy atom. The SMILES string of the molecule is CCCCCc1ccc(C(O)CS[C@H]2C(=O)N(c3ccc(F)cc3)[C@@H]2c2ccc(OCC(=O)N(C(=O)CN)[C@H](CC3CCCCC3)C(=O)O)cc2)cc1. The first-order chi connectivity index (χ1) is 25.6. The van der Waals surface area contributed by atoms with Crippen molar-refractivity contribution in [1.82, 2.24) is 4.90 Å². The number of rotatable bonds is 18. The number of amides is 3. The maximum atomic E-state index is 13.8. The molecule has 2 fully saturated rings. The Kier molecular flexibility index (Phi) is 14.5. The van der Waals surface area contributed by atoms with E-state index >= 15 is 0 Å². The Bertz CT molecular complexity index is 1680. The van der Waals surface area contributed by atoms with Crippen LogP contribution in [0.15, 0.2) is 72.8 Å². The van der Waals surface area contributed by atoms with Gasteiger partial charge < -0.3 is 25.6 Å². The third kappa shape index (κ3) is 10.2. The van der Waals surface area contributed by atoms with Crippen molar-refractivity contribution in [3.05, 3.63) is 95.3 Å². The molecule has 0 aromatic heterocycles. The lowest BCUT2D eigenvalue weighted by Crippen LogP contribution is -2.57. The Labute approximate surface area is 314 Å². The van der Waals surface area contributed by atoms with Crippen molar-refractivity contribution in [2.45, 2.75) is 94.6 Å². The zero-order chi connectivity index (χ0) is 37.9. The van der Waals surface area contributed by atoms with Gasteiger partial charge in [0, 0.05) is 11.4 Å². The number of aliphatic hydroxyl groups is 1. The molecule has 1 unspecified atom stereocenters. The molecule has 2 aliphatic rings. The van der Waals surface area contributed by atoms with E-state index in [0.717, 1.165) is 67.4 Å². The number of β-lactam (4-membered cyclic amide) rings is 1. The van der Waals surface area contributed by atoms with Gasteiger partial charge in [0.1, 0.15) is 22.9 Å². The van der Waals surface area contributed by atoms with E-state index in [-0.39, 0.29) is 18.2 Å². The van der Waals surface area contributed by atoms with E-state index in [2.05, 4.69) is 6.92 Å². The molecule has 0 spiro atoms. The van der Waals surface area contributed by atoms with Crippen molar-refractivity contribution in [2.75, 3.05) is 23.8 Å². The number of carbonyl (C=O) groups excluding carboxylic acids is 3. The lowest BCUT2D eigenvalue weighted by molar-refractivity contribution is -0.159. The van der Waals surface area contributed by atoms with Crippen molar-refractivity contribution in [3.63, 3.8) is 0 Å². The molecule has 3 amide bonds. The first-order valence-electron chi connectivity index (χ1n) is 18.6. The van der Waals surface area contributed by atoms with Crippen LogP contribution in [0.3, 0.4) is 0 Å². The molecule has 53 heavy (non-hydrogen) atoms. The number of ether oxygens (including phenoxy) is 1. The number of nitrogens with zero attached hydrogens (tertiary/aromatic N) is 2. The molecule has 3 aromatic rings. The van der Waals surface area contributed by atoms with E-state index in [9.17, 15) is 33.8 Å². The van der Waals surface area contributed by atoms with Gasteiger partial charge in [-0.2, -0.15) is 0 Å². The van der Waals surface area contributed by atoms with Crippen molar-refractivity contribution in [3.8, 4) is 5.75 Å². The normalized spacial score (nSPS) is 18.6. The number of imide groups is 1. The molecule has 1 heterocycles. The van der Waals surface area contributed by atoms with E-state index in [1.54, 1.807) is 41.3 Å². The number of unbranched alkanes of at least 4 members (excludes halogenated alkanes) is 2. The Balaban J connectivity index is 1.26. The van der Waals surface area contributed by atoms with Gasteiger partial charge in [-0.25, -0.2) is 9.18 Å². The molecular formula is C41H50FN3O7S. The van der Waals surface area contributed by atoms with E-state index in [1.807, 2.05) is 24.3 Å². The number of aliphatic carboxylic acids is 1. The Morgan fingerprint density at radius 3 is 2.26 bits per heavy atom. The standard InChI is InChI=1S/C41H50FN3O7S/c1-2-3-5-8-27-11-13-29(14-12-27)35(46)26-53-39-38(44(40(39)49)32-19-17-31(42)18-20-32)30-15-21-33(22-16-30)52-25-37(48)45(36(47)24-43)34(41(50)51)23-28-9-6-4-7-10-28/h11-22,28,34-35,38-39,46H,2-10,23-26,43H2,1H3,(H,50,51)/t34-,35?,38-,39-/m1/s1. The highest BCUT2D eigenvalue weighted by Gasteiger charge is 2.49. The summed E-state index contributed by atoms with van der Waals surface area (Å²) in [6.45, 7) is 1.09. The third-order valence-corrected chi connectivity index (χ3v) is 11.5. The summed E-state index contributed by atoms with van der Waals surface area (Å²) in [5, 5.41) is 20.5. The topological polar surface area (TPSA) is 150 Å². The van der Waals surface area contributed by atoms with Crippen LogP contribution in [0.4, 0.5) is 10.1 Å². The fourth-order valence-electron chi connectivity index (χ4n) is 7.23. The summed E-state index contributed by atoms with van der Waals surface area (Å²) in [5.41, 5.74) is 8.89. The Morgan fingerprint density at radius 2 is 1.64 bits per heavy atom. The van der Waals surface area contributed by atoms with Gasteiger partial charge in [-0.15, -0.1) is 11.8 Å². The second-order valence-corrected chi connectivity index (χ2v) is 15.1. The number of carboxylic acid groups (broad SMARTS) is 1. The monoisotopic (exact) mass is 747 g/mol. The largest absolute Gasteiger partial charge is 0.484 e. The summed E-state index contributed by atoms with van der Waals surface area (Å²) < 4.78 is 19.5. The maximum absolute atomic E-state index is 13.8. The number of nitrogens with two attached hydrogens (primary N) is 1. The number of anilines is 1. The molecule has 12 heteroatoms. The number of carbonyl (C=O) groups is 4. The highest BCUT2D eigenvalue weighted by atomic mass is 32.2. The maximum Gasteiger partial charge on any atom is 0.326 e. The molecule has 0 radical (unpaired) electrons. The summed E-state index contributed by atoms with van der Waals surface area (Å²) in [6.07, 6.45) is 8.60. The first kappa shape index (κ1) is 39.9. The van der Waals surface area contributed by atoms with Gasteiger partial charge in [0.2, 0.25) is 11.8 Å². The van der Waals surface area contributed by atoms with Gasteiger partial charge in [-0.1, -0.05) is 88.3 Å². The van der Waals surface area contributed by atoms with Crippen LogP contribution in [0, 0.1) is 11.7 Å². The summed E-state index contributed by atoms with van der Waals surface area (Å²) in [6, 6.07) is 18.7. The minimum absolute atomic E-state index is 0.101. The molecular weight excluding hydrogens is 698 g/mol. The molecule has 0 bridgehead atoms. The molecule has 1 aliphatic carbocycles. The van der Waals surface area contributed by atoms with Crippen molar-refractivity contribution >= 4 is 41.1 Å². The van der Waals surface area contributed by atoms with Gasteiger partial charge in [0.05, 0.1) is 18.7 Å². The number of halogens is 1. The van der Waals surface area contributed by atoms with Gasteiger partial charge in [0.25, 0.3) is 5.91 Å². The number of benzene rings is 3. The number of hydrogen-bond acceptors (Lipinski definition) is 8. The first-order valence-corrected chi connectivity index (χ1v) is 19.6. The van der Waals surface area contributed by atoms with Gasteiger partial charge in [-0.3, -0.25) is 19.3 Å². The van der Waals surface area contributed by atoms with Gasteiger partial charge in [-0.05, 0) is 78.3 Å². The Hall–Kier alpha value is -4.26. The zero-order valence-electron chi connectivity index (χ0n) is 30.2. The summed E-state index contributed by atoms with van der Waals surface area (Å²) in [7, 11) is 0. The minimum atomic E-state index is -1.33. The molecule has 3 aromatic carbocycles. The van der Waals surface area contributed by atoms with E-state index in [4.69, 9.17) is 10.5 Å². The predicted octanol–water partition coefficient (Wildman–Crippen LogP) is 6.60. The molecule has 4 atom stereocenters.